The van der Waals surface area contributed by atoms with Gasteiger partial charge in [-0.15, -0.1) is 11.3 Å². The number of alkyl halides is 3. The quantitative estimate of drug-likeness (QED) is 0.433. The lowest BCUT2D eigenvalue weighted by molar-refractivity contribution is -0.137. The van der Waals surface area contributed by atoms with Crippen LogP contribution in [0.5, 0.6) is 5.75 Å². The van der Waals surface area contributed by atoms with E-state index in [1.165, 1.54) is 35.6 Å². The summed E-state index contributed by atoms with van der Waals surface area (Å²) in [5.74, 6) is -0.372. The SMILES string of the molecule is CCC(Oc1ccc(C#N)c(F)c1)c1sc(-c2ccc(C(F)(F)F)cc2)nc1C. The zero-order valence-corrected chi connectivity index (χ0v) is 16.4. The van der Waals surface area contributed by atoms with Crippen molar-refractivity contribution in [1.29, 1.82) is 5.26 Å². The van der Waals surface area contributed by atoms with Gasteiger partial charge in [0.15, 0.2) is 0 Å². The molecule has 2 aromatic carbocycles. The maximum absolute atomic E-state index is 13.8. The molecule has 1 unspecified atom stereocenters. The fourth-order valence-electron chi connectivity index (χ4n) is 2.78. The number of nitrogens with zero attached hydrogens (tertiary/aromatic N) is 2. The number of nitriles is 1. The minimum Gasteiger partial charge on any atom is -0.485 e. The van der Waals surface area contributed by atoms with Gasteiger partial charge in [-0.1, -0.05) is 19.1 Å². The van der Waals surface area contributed by atoms with E-state index >= 15 is 0 Å². The van der Waals surface area contributed by atoms with E-state index in [1.807, 2.05) is 6.92 Å². The standard InChI is InChI=1S/C21H16F4N2OS/c1-3-18(28-16-9-6-14(11-26)17(22)10-16)19-12(2)27-20(29-19)13-4-7-15(8-5-13)21(23,24)25/h4-10,18H,3H2,1-2H3. The molecular weight excluding hydrogens is 404 g/mol. The number of ether oxygens (including phenoxy) is 1. The number of rotatable bonds is 5. The molecular formula is C21H16F4N2OS. The first kappa shape index (κ1) is 20.8. The average Bonchev–Trinajstić information content (AvgIpc) is 3.07. The molecule has 1 aromatic heterocycles. The highest BCUT2D eigenvalue weighted by molar-refractivity contribution is 7.15. The molecule has 150 valence electrons. The lowest BCUT2D eigenvalue weighted by Gasteiger charge is -2.17. The summed E-state index contributed by atoms with van der Waals surface area (Å²) < 4.78 is 58.0. The van der Waals surface area contributed by atoms with Crippen LogP contribution in [0.2, 0.25) is 0 Å². The summed E-state index contributed by atoms with van der Waals surface area (Å²) in [6.45, 7) is 3.70. The van der Waals surface area contributed by atoms with Crippen LogP contribution in [-0.2, 0) is 6.18 Å². The molecule has 0 saturated carbocycles. The van der Waals surface area contributed by atoms with Gasteiger partial charge in [-0.25, -0.2) is 9.37 Å². The van der Waals surface area contributed by atoms with Crippen LogP contribution in [0.25, 0.3) is 10.6 Å². The van der Waals surface area contributed by atoms with Crippen LogP contribution < -0.4 is 4.74 Å². The molecule has 0 aliphatic carbocycles. The second kappa shape index (κ2) is 8.21. The molecule has 0 spiro atoms. The third kappa shape index (κ3) is 4.57. The maximum atomic E-state index is 13.8. The molecule has 0 amide bonds. The van der Waals surface area contributed by atoms with E-state index < -0.39 is 23.7 Å². The minimum absolute atomic E-state index is 0.0658. The van der Waals surface area contributed by atoms with Crippen molar-refractivity contribution in [2.75, 3.05) is 0 Å². The Hall–Kier alpha value is -2.92. The van der Waals surface area contributed by atoms with Gasteiger partial charge in [0.1, 0.15) is 28.7 Å². The molecule has 0 aliphatic rings. The number of aromatic nitrogens is 1. The van der Waals surface area contributed by atoms with E-state index in [9.17, 15) is 17.6 Å². The molecule has 0 fully saturated rings. The summed E-state index contributed by atoms with van der Waals surface area (Å²) in [6.07, 6.45) is -4.21. The van der Waals surface area contributed by atoms with Gasteiger partial charge < -0.3 is 4.74 Å². The Labute approximate surface area is 169 Å². The number of thiazole rings is 1. The fourth-order valence-corrected chi connectivity index (χ4v) is 3.96. The minimum atomic E-state index is -4.39. The number of hydrogen-bond donors (Lipinski definition) is 0. The highest BCUT2D eigenvalue weighted by atomic mass is 32.1. The van der Waals surface area contributed by atoms with Crippen LogP contribution >= 0.6 is 11.3 Å². The van der Waals surface area contributed by atoms with E-state index in [0.717, 1.165) is 23.1 Å². The predicted molar refractivity (Wildman–Crippen MR) is 102 cm³/mol. The van der Waals surface area contributed by atoms with Crippen LogP contribution in [0.3, 0.4) is 0 Å². The van der Waals surface area contributed by atoms with Crippen molar-refractivity contribution < 1.29 is 22.3 Å². The molecule has 0 saturated heterocycles. The molecule has 0 bridgehead atoms. The molecule has 8 heteroatoms. The monoisotopic (exact) mass is 420 g/mol. The number of hydrogen-bond acceptors (Lipinski definition) is 4. The van der Waals surface area contributed by atoms with Crippen LogP contribution in [0.15, 0.2) is 42.5 Å². The number of aryl methyl sites for hydroxylation is 1. The lowest BCUT2D eigenvalue weighted by atomic mass is 10.1. The zero-order valence-electron chi connectivity index (χ0n) is 15.5. The summed E-state index contributed by atoms with van der Waals surface area (Å²) in [5.41, 5.74) is 0.499. The third-order valence-corrected chi connectivity index (χ3v) is 5.59. The highest BCUT2D eigenvalue weighted by Crippen LogP contribution is 2.37. The summed E-state index contributed by atoms with van der Waals surface area (Å²) in [6, 6.07) is 10.6. The van der Waals surface area contributed by atoms with Gasteiger partial charge in [0, 0.05) is 11.6 Å². The predicted octanol–water partition coefficient (Wildman–Crippen LogP) is 6.68. The summed E-state index contributed by atoms with van der Waals surface area (Å²) in [7, 11) is 0. The van der Waals surface area contributed by atoms with Crippen LogP contribution in [0, 0.1) is 24.1 Å². The molecule has 0 radical (unpaired) electrons. The van der Waals surface area contributed by atoms with Crippen molar-refractivity contribution in [3.8, 4) is 22.4 Å². The third-order valence-electron chi connectivity index (χ3n) is 4.29. The molecule has 3 rings (SSSR count). The van der Waals surface area contributed by atoms with Gasteiger partial charge in [0.05, 0.1) is 21.7 Å². The molecule has 1 atom stereocenters. The lowest BCUT2D eigenvalue weighted by Crippen LogP contribution is -2.06. The topological polar surface area (TPSA) is 45.9 Å². The Morgan fingerprint density at radius 2 is 1.86 bits per heavy atom. The van der Waals surface area contributed by atoms with Crippen LogP contribution in [0.1, 0.15) is 41.1 Å². The Balaban J connectivity index is 1.86. The Bertz CT molecular complexity index is 1050. The smallest absolute Gasteiger partial charge is 0.416 e. The van der Waals surface area contributed by atoms with Crippen molar-refractivity contribution in [1.82, 2.24) is 4.98 Å². The normalized spacial score (nSPS) is 12.4. The summed E-state index contributed by atoms with van der Waals surface area (Å²) in [5, 5.41) is 9.41. The molecule has 29 heavy (non-hydrogen) atoms. The van der Waals surface area contributed by atoms with Crippen molar-refractivity contribution in [2.24, 2.45) is 0 Å². The van der Waals surface area contributed by atoms with E-state index in [-0.39, 0.29) is 11.3 Å². The Kier molecular flexibility index (Phi) is 5.89. The Morgan fingerprint density at radius 1 is 1.17 bits per heavy atom. The zero-order chi connectivity index (χ0) is 21.2. The van der Waals surface area contributed by atoms with Gasteiger partial charge in [-0.3, -0.25) is 0 Å². The van der Waals surface area contributed by atoms with Gasteiger partial charge in [0.2, 0.25) is 0 Å². The van der Waals surface area contributed by atoms with Crippen LogP contribution in [-0.4, -0.2) is 4.98 Å². The van der Waals surface area contributed by atoms with Gasteiger partial charge in [-0.05, 0) is 37.6 Å². The average molecular weight is 420 g/mol. The molecule has 3 aromatic rings. The van der Waals surface area contributed by atoms with Crippen molar-refractivity contribution in [3.05, 3.63) is 70.0 Å². The van der Waals surface area contributed by atoms with E-state index in [1.54, 1.807) is 13.0 Å². The fraction of sp³-hybridized carbons (Fsp3) is 0.238. The number of benzene rings is 2. The van der Waals surface area contributed by atoms with Gasteiger partial charge >= 0.3 is 6.18 Å². The van der Waals surface area contributed by atoms with E-state index in [4.69, 9.17) is 10.00 Å². The second-order valence-electron chi connectivity index (χ2n) is 6.31. The Morgan fingerprint density at radius 3 is 2.41 bits per heavy atom. The van der Waals surface area contributed by atoms with E-state index in [0.29, 0.717) is 22.7 Å². The van der Waals surface area contributed by atoms with Crippen molar-refractivity contribution in [3.63, 3.8) is 0 Å². The van der Waals surface area contributed by atoms with Crippen LogP contribution in [0.4, 0.5) is 17.6 Å². The first-order valence-electron chi connectivity index (χ1n) is 8.74. The molecule has 0 N–H and O–H groups in total. The molecule has 3 nitrogen and oxygen atoms in total. The first-order chi connectivity index (χ1) is 13.7. The second-order valence-corrected chi connectivity index (χ2v) is 7.34. The number of halogens is 4. The largest absolute Gasteiger partial charge is 0.485 e. The maximum Gasteiger partial charge on any atom is 0.416 e. The van der Waals surface area contributed by atoms with Crippen molar-refractivity contribution in [2.45, 2.75) is 32.5 Å². The van der Waals surface area contributed by atoms with Gasteiger partial charge in [0.25, 0.3) is 0 Å². The highest BCUT2D eigenvalue weighted by Gasteiger charge is 2.30. The van der Waals surface area contributed by atoms with Gasteiger partial charge in [-0.2, -0.15) is 18.4 Å². The van der Waals surface area contributed by atoms with Crippen molar-refractivity contribution >= 4 is 11.3 Å². The first-order valence-corrected chi connectivity index (χ1v) is 9.55. The molecule has 0 aliphatic heterocycles. The summed E-state index contributed by atoms with van der Waals surface area (Å²) >= 11 is 1.33. The van der Waals surface area contributed by atoms with E-state index in [2.05, 4.69) is 4.98 Å². The summed E-state index contributed by atoms with van der Waals surface area (Å²) in [4.78, 5) is 5.28. The molecule has 1 heterocycles.